The summed E-state index contributed by atoms with van der Waals surface area (Å²) in [5, 5.41) is 7.44. The minimum absolute atomic E-state index is 0.0178. The van der Waals surface area contributed by atoms with Gasteiger partial charge in [-0.15, -0.1) is 5.10 Å². The summed E-state index contributed by atoms with van der Waals surface area (Å²) >= 11 is 1.12. The summed E-state index contributed by atoms with van der Waals surface area (Å²) in [4.78, 5) is 23.5. The standard InChI is InChI=1S/C19H19N3O5S2/c1-12-9-10-17(27-29(25,26)15-7-5-4-6-8-15)16(11-12)18-22(14(3)24)21-19(28-18)20-13(2)23/h4-11,18H,1-3H3,(H,20,21,23)/t18-/m1/s1. The molecule has 29 heavy (non-hydrogen) atoms. The van der Waals surface area contributed by atoms with E-state index >= 15 is 0 Å². The number of hydrazone groups is 1. The molecule has 10 heteroatoms. The minimum Gasteiger partial charge on any atom is -0.379 e. The Morgan fingerprint density at radius 3 is 2.45 bits per heavy atom. The van der Waals surface area contributed by atoms with E-state index in [2.05, 4.69) is 10.4 Å². The van der Waals surface area contributed by atoms with Crippen LogP contribution in [-0.4, -0.2) is 30.4 Å². The Bertz CT molecular complexity index is 1080. The van der Waals surface area contributed by atoms with Gasteiger partial charge in [-0.25, -0.2) is 5.01 Å². The van der Waals surface area contributed by atoms with Crippen LogP contribution in [0.4, 0.5) is 0 Å². The number of carbonyl (C=O) groups excluding carboxylic acids is 2. The fraction of sp³-hybridized carbons (Fsp3) is 0.211. The van der Waals surface area contributed by atoms with Crippen LogP contribution >= 0.6 is 11.8 Å². The maximum atomic E-state index is 12.7. The number of nitrogens with zero attached hydrogens (tertiary/aromatic N) is 2. The van der Waals surface area contributed by atoms with Crippen LogP contribution in [0.3, 0.4) is 0 Å². The molecule has 0 unspecified atom stereocenters. The predicted molar refractivity (Wildman–Crippen MR) is 110 cm³/mol. The van der Waals surface area contributed by atoms with E-state index in [1.54, 1.807) is 36.4 Å². The van der Waals surface area contributed by atoms with E-state index in [1.807, 2.05) is 6.92 Å². The monoisotopic (exact) mass is 433 g/mol. The third kappa shape index (κ3) is 4.77. The lowest BCUT2D eigenvalue weighted by molar-refractivity contribution is -0.129. The van der Waals surface area contributed by atoms with Crippen LogP contribution in [0.2, 0.25) is 0 Å². The molecule has 0 fully saturated rings. The van der Waals surface area contributed by atoms with Gasteiger partial charge in [-0.1, -0.05) is 41.6 Å². The first kappa shape index (κ1) is 20.9. The summed E-state index contributed by atoms with van der Waals surface area (Å²) < 4.78 is 30.8. The third-order valence-corrected chi connectivity index (χ3v) is 6.24. The Balaban J connectivity index is 1.99. The van der Waals surface area contributed by atoms with Crippen molar-refractivity contribution >= 4 is 38.9 Å². The lowest BCUT2D eigenvalue weighted by atomic mass is 10.1. The highest BCUT2D eigenvalue weighted by Gasteiger charge is 2.35. The first-order valence-electron chi connectivity index (χ1n) is 8.60. The van der Waals surface area contributed by atoms with Gasteiger partial charge in [0.2, 0.25) is 11.8 Å². The average molecular weight is 434 g/mol. The summed E-state index contributed by atoms with van der Waals surface area (Å²) in [5.74, 6) is -0.600. The number of nitrogens with one attached hydrogen (secondary N) is 1. The van der Waals surface area contributed by atoms with Crippen molar-refractivity contribution in [3.8, 4) is 5.75 Å². The van der Waals surface area contributed by atoms with Crippen molar-refractivity contribution in [2.24, 2.45) is 5.10 Å². The van der Waals surface area contributed by atoms with Gasteiger partial charge in [0.1, 0.15) is 16.0 Å². The molecule has 1 heterocycles. The van der Waals surface area contributed by atoms with Crippen LogP contribution in [0, 0.1) is 6.92 Å². The zero-order valence-electron chi connectivity index (χ0n) is 15.9. The first-order chi connectivity index (χ1) is 13.7. The third-order valence-electron chi connectivity index (χ3n) is 3.91. The molecule has 0 saturated heterocycles. The molecule has 1 atom stereocenters. The smallest absolute Gasteiger partial charge is 0.339 e. The molecule has 0 spiro atoms. The van der Waals surface area contributed by atoms with Gasteiger partial charge in [0.05, 0.1) is 0 Å². The molecule has 2 aromatic carbocycles. The molecule has 1 N–H and O–H groups in total. The number of benzene rings is 2. The molecule has 0 aromatic heterocycles. The molecular weight excluding hydrogens is 414 g/mol. The van der Waals surface area contributed by atoms with Gasteiger partial charge >= 0.3 is 10.1 Å². The Labute approximate surface area is 173 Å². The van der Waals surface area contributed by atoms with Crippen LogP contribution in [0.1, 0.15) is 30.3 Å². The molecule has 152 valence electrons. The molecule has 3 rings (SSSR count). The Hall–Kier alpha value is -2.85. The van der Waals surface area contributed by atoms with Crippen LogP contribution in [0.25, 0.3) is 0 Å². The lowest BCUT2D eigenvalue weighted by Crippen LogP contribution is -2.25. The second kappa shape index (κ2) is 8.26. The van der Waals surface area contributed by atoms with E-state index < -0.39 is 15.5 Å². The average Bonchev–Trinajstić information content (AvgIpc) is 3.07. The maximum Gasteiger partial charge on any atom is 0.339 e. The summed E-state index contributed by atoms with van der Waals surface area (Å²) in [7, 11) is -4.07. The van der Waals surface area contributed by atoms with E-state index in [-0.39, 0.29) is 27.6 Å². The van der Waals surface area contributed by atoms with Gasteiger partial charge < -0.3 is 9.50 Å². The van der Waals surface area contributed by atoms with Crippen molar-refractivity contribution in [1.82, 2.24) is 10.3 Å². The quantitative estimate of drug-likeness (QED) is 0.744. The summed E-state index contributed by atoms with van der Waals surface area (Å²) in [5.41, 5.74) is 1.30. The molecule has 2 aromatic rings. The van der Waals surface area contributed by atoms with E-state index in [0.29, 0.717) is 5.56 Å². The highest BCUT2D eigenvalue weighted by molar-refractivity contribution is 8.14. The van der Waals surface area contributed by atoms with E-state index in [1.165, 1.54) is 31.0 Å². The van der Waals surface area contributed by atoms with Crippen molar-refractivity contribution in [3.63, 3.8) is 0 Å². The van der Waals surface area contributed by atoms with Crippen LogP contribution < -0.4 is 9.50 Å². The molecule has 0 saturated carbocycles. The molecule has 1 aliphatic rings. The summed E-state index contributed by atoms with van der Waals surface area (Å²) in [6.45, 7) is 4.51. The topological polar surface area (TPSA) is 105 Å². The second-order valence-electron chi connectivity index (χ2n) is 6.31. The van der Waals surface area contributed by atoms with Gasteiger partial charge in [-0.05, 0) is 31.2 Å². The predicted octanol–water partition coefficient (Wildman–Crippen LogP) is 2.76. The number of rotatable bonds is 4. The van der Waals surface area contributed by atoms with Crippen molar-refractivity contribution in [3.05, 3.63) is 59.7 Å². The van der Waals surface area contributed by atoms with Crippen LogP contribution in [-0.2, 0) is 19.7 Å². The van der Waals surface area contributed by atoms with Crippen molar-refractivity contribution in [1.29, 1.82) is 0 Å². The highest BCUT2D eigenvalue weighted by atomic mass is 32.2. The summed E-state index contributed by atoms with van der Waals surface area (Å²) in [6, 6.07) is 12.8. The number of amidine groups is 1. The molecule has 0 aliphatic carbocycles. The molecule has 8 nitrogen and oxygen atoms in total. The molecular formula is C19H19N3O5S2. The number of thioether (sulfide) groups is 1. The fourth-order valence-corrected chi connectivity index (χ4v) is 4.79. The lowest BCUT2D eigenvalue weighted by Gasteiger charge is -2.22. The van der Waals surface area contributed by atoms with Crippen LogP contribution in [0.15, 0.2) is 58.5 Å². The zero-order valence-corrected chi connectivity index (χ0v) is 17.6. The van der Waals surface area contributed by atoms with Gasteiger partial charge in [0.25, 0.3) is 0 Å². The summed E-state index contributed by atoms with van der Waals surface area (Å²) in [6.07, 6.45) is 0. The Kier molecular flexibility index (Phi) is 5.94. The van der Waals surface area contributed by atoms with E-state index in [0.717, 1.165) is 17.3 Å². The zero-order chi connectivity index (χ0) is 21.2. The van der Waals surface area contributed by atoms with Crippen molar-refractivity contribution < 1.29 is 22.2 Å². The van der Waals surface area contributed by atoms with Gasteiger partial charge in [0, 0.05) is 19.4 Å². The highest BCUT2D eigenvalue weighted by Crippen LogP contribution is 2.43. The molecule has 0 radical (unpaired) electrons. The van der Waals surface area contributed by atoms with Crippen molar-refractivity contribution in [2.75, 3.05) is 0 Å². The largest absolute Gasteiger partial charge is 0.379 e. The molecule has 2 amide bonds. The molecule has 1 aliphatic heterocycles. The normalized spacial score (nSPS) is 16.3. The number of amides is 2. The first-order valence-corrected chi connectivity index (χ1v) is 10.9. The SMILES string of the molecule is CC(=O)NC1=NN(C(C)=O)[C@@H](c2cc(C)ccc2OS(=O)(=O)c2ccccc2)S1. The number of carbonyl (C=O) groups is 2. The number of aryl methyl sites for hydroxylation is 1. The van der Waals surface area contributed by atoms with E-state index in [9.17, 15) is 18.0 Å². The fourth-order valence-electron chi connectivity index (χ4n) is 2.66. The Morgan fingerprint density at radius 1 is 1.14 bits per heavy atom. The second-order valence-corrected chi connectivity index (χ2v) is 8.93. The maximum absolute atomic E-state index is 12.7. The van der Waals surface area contributed by atoms with Gasteiger partial charge in [-0.2, -0.15) is 8.42 Å². The minimum atomic E-state index is -4.07. The van der Waals surface area contributed by atoms with Crippen LogP contribution in [0.5, 0.6) is 5.75 Å². The number of hydrogen-bond acceptors (Lipinski definition) is 7. The van der Waals surface area contributed by atoms with Gasteiger partial charge in [-0.3, -0.25) is 9.59 Å². The van der Waals surface area contributed by atoms with Gasteiger partial charge in [0.15, 0.2) is 5.17 Å². The molecule has 0 bridgehead atoms. The van der Waals surface area contributed by atoms with Crippen molar-refractivity contribution in [2.45, 2.75) is 31.0 Å². The number of hydrogen-bond donors (Lipinski definition) is 1. The Morgan fingerprint density at radius 2 is 1.83 bits per heavy atom. The van der Waals surface area contributed by atoms with E-state index in [4.69, 9.17) is 4.18 Å².